The highest BCUT2D eigenvalue weighted by Crippen LogP contribution is 2.22. The number of benzene rings is 2. The monoisotopic (exact) mass is 294 g/mol. The first-order chi connectivity index (χ1) is 9.58. The van der Waals surface area contributed by atoms with Crippen LogP contribution < -0.4 is 5.32 Å². The van der Waals surface area contributed by atoms with Crippen molar-refractivity contribution in [2.24, 2.45) is 0 Å². The number of nitrogens with zero attached hydrogens (tertiary/aromatic N) is 1. The molecule has 0 aliphatic carbocycles. The number of hydrogen-bond donors (Lipinski definition) is 1. The maximum absolute atomic E-state index is 13.4. The molecule has 2 aromatic carbocycles. The Kier molecular flexibility index (Phi) is 4.65. The molecule has 0 fully saturated rings. The summed E-state index contributed by atoms with van der Waals surface area (Å²) >= 11 is 5.83. The van der Waals surface area contributed by atoms with E-state index in [-0.39, 0.29) is 24.6 Å². The van der Waals surface area contributed by atoms with Crippen LogP contribution in [0.4, 0.5) is 10.1 Å². The minimum Gasteiger partial charge on any atom is -0.308 e. The molecule has 4 nitrogen and oxygen atoms in total. The first kappa shape index (κ1) is 14.4. The Bertz CT molecular complexity index is 634. The van der Waals surface area contributed by atoms with Gasteiger partial charge in [0.15, 0.2) is 0 Å². The molecule has 0 saturated carbocycles. The zero-order chi connectivity index (χ0) is 14.5. The van der Waals surface area contributed by atoms with Gasteiger partial charge in [0.1, 0.15) is 5.82 Å². The Morgan fingerprint density at radius 3 is 2.55 bits per heavy atom. The van der Waals surface area contributed by atoms with Crippen LogP contribution in [-0.4, -0.2) is 4.92 Å². The number of rotatable bonds is 5. The van der Waals surface area contributed by atoms with E-state index >= 15 is 0 Å². The molecule has 6 heteroatoms. The van der Waals surface area contributed by atoms with Crippen molar-refractivity contribution >= 4 is 17.3 Å². The fourth-order valence-electron chi connectivity index (χ4n) is 1.85. The second kappa shape index (κ2) is 6.45. The van der Waals surface area contributed by atoms with E-state index in [4.69, 9.17) is 11.6 Å². The number of hydrogen-bond acceptors (Lipinski definition) is 3. The Morgan fingerprint density at radius 1 is 1.15 bits per heavy atom. The van der Waals surface area contributed by atoms with Crippen molar-refractivity contribution in [3.8, 4) is 0 Å². The largest absolute Gasteiger partial charge is 0.308 e. The van der Waals surface area contributed by atoms with Gasteiger partial charge in [0.25, 0.3) is 5.69 Å². The van der Waals surface area contributed by atoms with Crippen molar-refractivity contribution in [1.82, 2.24) is 5.32 Å². The summed E-state index contributed by atoms with van der Waals surface area (Å²) in [6.07, 6.45) is 0. The van der Waals surface area contributed by atoms with Crippen LogP contribution in [0.1, 0.15) is 11.1 Å². The van der Waals surface area contributed by atoms with Crippen molar-refractivity contribution in [2.75, 3.05) is 0 Å². The Hall–Kier alpha value is -1.98. The van der Waals surface area contributed by atoms with E-state index in [1.54, 1.807) is 18.2 Å². The van der Waals surface area contributed by atoms with Gasteiger partial charge in [-0.15, -0.1) is 0 Å². The molecule has 0 heterocycles. The van der Waals surface area contributed by atoms with Crippen LogP contribution in [0.15, 0.2) is 42.5 Å². The first-order valence-corrected chi connectivity index (χ1v) is 6.32. The summed E-state index contributed by atoms with van der Waals surface area (Å²) in [5.74, 6) is -0.305. The third-order valence-electron chi connectivity index (χ3n) is 2.83. The summed E-state index contributed by atoms with van der Waals surface area (Å²) < 4.78 is 13.4. The van der Waals surface area contributed by atoms with E-state index in [1.807, 2.05) is 0 Å². The zero-order valence-corrected chi connectivity index (χ0v) is 11.2. The second-order valence-electron chi connectivity index (χ2n) is 4.23. The van der Waals surface area contributed by atoms with Crippen LogP contribution in [-0.2, 0) is 13.1 Å². The average Bonchev–Trinajstić information content (AvgIpc) is 2.41. The van der Waals surface area contributed by atoms with Crippen molar-refractivity contribution in [3.05, 3.63) is 74.5 Å². The topological polar surface area (TPSA) is 55.2 Å². The van der Waals surface area contributed by atoms with Crippen LogP contribution in [0.2, 0.25) is 5.02 Å². The van der Waals surface area contributed by atoms with E-state index in [1.165, 1.54) is 24.3 Å². The van der Waals surface area contributed by atoms with Crippen LogP contribution in [0, 0.1) is 15.9 Å². The minimum absolute atomic E-state index is 0.00423. The van der Waals surface area contributed by atoms with Crippen molar-refractivity contribution in [3.63, 3.8) is 0 Å². The highest BCUT2D eigenvalue weighted by atomic mass is 35.5. The molecule has 0 radical (unpaired) electrons. The molecule has 0 saturated heterocycles. The van der Waals surface area contributed by atoms with Gasteiger partial charge in [-0.25, -0.2) is 4.39 Å². The van der Waals surface area contributed by atoms with Crippen LogP contribution >= 0.6 is 11.6 Å². The minimum atomic E-state index is -0.462. The van der Waals surface area contributed by atoms with E-state index in [2.05, 4.69) is 5.32 Å². The lowest BCUT2D eigenvalue weighted by Crippen LogP contribution is -2.14. The van der Waals surface area contributed by atoms with Gasteiger partial charge >= 0.3 is 0 Å². The molecule has 0 spiro atoms. The van der Waals surface area contributed by atoms with E-state index in [0.717, 1.165) is 0 Å². The predicted octanol–water partition coefficient (Wildman–Crippen LogP) is 3.68. The number of nitro groups is 1. The van der Waals surface area contributed by atoms with Crippen LogP contribution in [0.3, 0.4) is 0 Å². The van der Waals surface area contributed by atoms with Gasteiger partial charge in [0.05, 0.1) is 4.92 Å². The van der Waals surface area contributed by atoms with Crippen LogP contribution in [0.5, 0.6) is 0 Å². The van der Waals surface area contributed by atoms with Gasteiger partial charge in [-0.05, 0) is 18.2 Å². The molecule has 2 aromatic rings. The van der Waals surface area contributed by atoms with E-state index < -0.39 is 4.92 Å². The summed E-state index contributed by atoms with van der Waals surface area (Å²) in [6.45, 7) is 0.529. The molecule has 0 aromatic heterocycles. The fourth-order valence-corrected chi connectivity index (χ4v) is 2.04. The summed E-state index contributed by atoms with van der Waals surface area (Å²) in [7, 11) is 0. The SMILES string of the molecule is O=[N+]([O-])c1ccc(Cl)cc1CNCc1ccccc1F. The Balaban J connectivity index is 2.06. The molecule has 104 valence electrons. The number of nitro benzene ring substituents is 1. The maximum Gasteiger partial charge on any atom is 0.273 e. The van der Waals surface area contributed by atoms with Crippen molar-refractivity contribution in [1.29, 1.82) is 0 Å². The standard InChI is InChI=1S/C14H12ClFN2O2/c15-12-5-6-14(18(19)20)11(7-12)9-17-8-10-3-1-2-4-13(10)16/h1-7,17H,8-9H2. The molecule has 0 amide bonds. The molecule has 20 heavy (non-hydrogen) atoms. The predicted molar refractivity (Wildman–Crippen MR) is 75.1 cm³/mol. The second-order valence-corrected chi connectivity index (χ2v) is 4.66. The van der Waals surface area contributed by atoms with Crippen molar-refractivity contribution in [2.45, 2.75) is 13.1 Å². The Labute approximate surface area is 120 Å². The molecule has 0 atom stereocenters. The highest BCUT2D eigenvalue weighted by Gasteiger charge is 2.13. The van der Waals surface area contributed by atoms with Gasteiger partial charge in [-0.1, -0.05) is 29.8 Å². The van der Waals surface area contributed by atoms with E-state index in [9.17, 15) is 14.5 Å². The maximum atomic E-state index is 13.4. The lowest BCUT2D eigenvalue weighted by molar-refractivity contribution is -0.385. The molecular formula is C14H12ClFN2O2. The van der Waals surface area contributed by atoms with Gasteiger partial charge in [0, 0.05) is 35.3 Å². The summed E-state index contributed by atoms with van der Waals surface area (Å²) in [5.41, 5.74) is 0.978. The summed E-state index contributed by atoms with van der Waals surface area (Å²) in [4.78, 5) is 10.4. The molecular weight excluding hydrogens is 283 g/mol. The summed E-state index contributed by atoms with van der Waals surface area (Å²) in [6, 6.07) is 10.8. The zero-order valence-electron chi connectivity index (χ0n) is 10.5. The quantitative estimate of drug-likeness (QED) is 0.676. The lowest BCUT2D eigenvalue weighted by atomic mass is 10.1. The summed E-state index contributed by atoms with van der Waals surface area (Å²) in [5, 5.41) is 14.3. The molecule has 0 unspecified atom stereocenters. The van der Waals surface area contributed by atoms with Crippen molar-refractivity contribution < 1.29 is 9.31 Å². The van der Waals surface area contributed by atoms with Crippen LogP contribution in [0.25, 0.3) is 0 Å². The van der Waals surface area contributed by atoms with Gasteiger partial charge in [-0.2, -0.15) is 0 Å². The molecule has 2 rings (SSSR count). The molecule has 1 N–H and O–H groups in total. The van der Waals surface area contributed by atoms with Gasteiger partial charge < -0.3 is 5.32 Å². The molecule has 0 bridgehead atoms. The Morgan fingerprint density at radius 2 is 1.85 bits per heavy atom. The normalized spacial score (nSPS) is 10.5. The smallest absolute Gasteiger partial charge is 0.273 e. The van der Waals surface area contributed by atoms with Gasteiger partial charge in [0.2, 0.25) is 0 Å². The lowest BCUT2D eigenvalue weighted by Gasteiger charge is -2.07. The molecule has 0 aliphatic rings. The number of nitrogens with one attached hydrogen (secondary N) is 1. The van der Waals surface area contributed by atoms with Gasteiger partial charge in [-0.3, -0.25) is 10.1 Å². The van der Waals surface area contributed by atoms with E-state index in [0.29, 0.717) is 16.1 Å². The number of halogens is 2. The first-order valence-electron chi connectivity index (χ1n) is 5.95. The average molecular weight is 295 g/mol. The third kappa shape index (κ3) is 3.53. The fraction of sp³-hybridized carbons (Fsp3) is 0.143. The highest BCUT2D eigenvalue weighted by molar-refractivity contribution is 6.30. The molecule has 0 aliphatic heterocycles. The third-order valence-corrected chi connectivity index (χ3v) is 3.06.